The summed E-state index contributed by atoms with van der Waals surface area (Å²) < 4.78 is 8.83. The fourth-order valence-corrected chi connectivity index (χ4v) is 13.1. The molecule has 4 aromatic carbocycles. The van der Waals surface area contributed by atoms with Crippen LogP contribution in [0.5, 0.6) is 0 Å². The summed E-state index contributed by atoms with van der Waals surface area (Å²) in [6, 6.07) is 35.9. The van der Waals surface area contributed by atoms with E-state index in [0.29, 0.717) is 31.9 Å². The van der Waals surface area contributed by atoms with Gasteiger partial charge in [0.15, 0.2) is 13.9 Å². The van der Waals surface area contributed by atoms with Gasteiger partial charge in [-0.1, -0.05) is 91.0 Å². The maximum absolute atomic E-state index is 15.0. The number of amides is 2. The SMILES string of the molecule is C[C@@H]1[C@@H]([Si](C)(C)O)[C@H](CCn2cc(C(CO)c3ccccc3)nn2)O[C@@]12C(=O)N(Cc1ccc(N3CN(c4ccccc4)C4(CCNCC4)C3=O)cc1)c1ccccc12. The molecule has 1 unspecified atom stereocenters. The lowest BCUT2D eigenvalue weighted by atomic mass is 9.82. The first kappa shape index (κ1) is 39.3. The predicted molar refractivity (Wildman–Crippen MR) is 229 cm³/mol. The van der Waals surface area contributed by atoms with Crippen LogP contribution in [0.3, 0.4) is 0 Å². The van der Waals surface area contributed by atoms with Crippen LogP contribution in [0, 0.1) is 5.92 Å². The number of rotatable bonds is 11. The second-order valence-electron chi connectivity index (χ2n) is 17.2. The molecule has 12 nitrogen and oxygen atoms in total. The molecule has 13 heteroatoms. The molecule has 2 amide bonds. The monoisotopic (exact) mass is 811 g/mol. The summed E-state index contributed by atoms with van der Waals surface area (Å²) in [7, 11) is -2.87. The Labute approximate surface area is 346 Å². The molecule has 4 aliphatic rings. The zero-order chi connectivity index (χ0) is 40.9. The van der Waals surface area contributed by atoms with Crippen molar-refractivity contribution in [2.45, 2.75) is 81.1 Å². The van der Waals surface area contributed by atoms with Crippen LogP contribution in [-0.2, 0) is 33.0 Å². The van der Waals surface area contributed by atoms with Gasteiger partial charge in [0.05, 0.1) is 43.2 Å². The van der Waals surface area contributed by atoms with Gasteiger partial charge in [0.25, 0.3) is 11.8 Å². The number of aliphatic hydroxyl groups excluding tert-OH is 1. The van der Waals surface area contributed by atoms with Gasteiger partial charge in [-0.3, -0.25) is 19.2 Å². The third kappa shape index (κ3) is 6.69. The van der Waals surface area contributed by atoms with E-state index in [1.807, 2.05) is 126 Å². The molecule has 59 heavy (non-hydrogen) atoms. The lowest BCUT2D eigenvalue weighted by Gasteiger charge is -2.39. The summed E-state index contributed by atoms with van der Waals surface area (Å²) in [5.74, 6) is -0.585. The van der Waals surface area contributed by atoms with Crippen molar-refractivity contribution in [2.75, 3.05) is 41.1 Å². The van der Waals surface area contributed by atoms with Gasteiger partial charge in [-0.25, -0.2) is 0 Å². The number of fused-ring (bicyclic) bond motifs is 2. The maximum Gasteiger partial charge on any atom is 0.264 e. The highest BCUT2D eigenvalue weighted by Gasteiger charge is 2.66. The highest BCUT2D eigenvalue weighted by atomic mass is 28.4. The number of nitrogens with one attached hydrogen (secondary N) is 1. The summed E-state index contributed by atoms with van der Waals surface area (Å²) >= 11 is 0. The Kier molecular flexibility index (Phi) is 10.3. The third-order valence-corrected chi connectivity index (χ3v) is 15.9. The summed E-state index contributed by atoms with van der Waals surface area (Å²) in [5, 5.41) is 22.5. The third-order valence-electron chi connectivity index (χ3n) is 13.4. The predicted octanol–water partition coefficient (Wildman–Crippen LogP) is 5.77. The number of benzene rings is 4. The Hall–Kier alpha value is -5.18. The van der Waals surface area contributed by atoms with Crippen molar-refractivity contribution < 1.29 is 24.2 Å². The fraction of sp³-hybridized carbons (Fsp3) is 0.391. The van der Waals surface area contributed by atoms with E-state index in [9.17, 15) is 14.7 Å². The molecule has 9 rings (SSSR count). The smallest absolute Gasteiger partial charge is 0.264 e. The fourth-order valence-electron chi connectivity index (χ4n) is 10.5. The molecule has 0 radical (unpaired) electrons. The van der Waals surface area contributed by atoms with Gasteiger partial charge < -0.3 is 29.8 Å². The van der Waals surface area contributed by atoms with Crippen LogP contribution in [0.2, 0.25) is 18.6 Å². The Morgan fingerprint density at radius 2 is 1.56 bits per heavy atom. The summed E-state index contributed by atoms with van der Waals surface area (Å²) in [6.45, 7) is 8.70. The highest BCUT2D eigenvalue weighted by molar-refractivity contribution is 6.71. The van der Waals surface area contributed by atoms with Crippen LogP contribution in [0.1, 0.15) is 54.5 Å². The number of aliphatic hydroxyl groups is 1. The Balaban J connectivity index is 0.949. The number of nitrogens with zero attached hydrogens (tertiary/aromatic N) is 6. The van der Waals surface area contributed by atoms with E-state index >= 15 is 4.79 Å². The second kappa shape index (κ2) is 15.4. The molecule has 0 bridgehead atoms. The maximum atomic E-state index is 15.0. The average molecular weight is 812 g/mol. The number of ether oxygens (including phenoxy) is 1. The van der Waals surface area contributed by atoms with E-state index in [0.717, 1.165) is 59.7 Å². The quantitative estimate of drug-likeness (QED) is 0.142. The average Bonchev–Trinajstić information content (AvgIpc) is 3.98. The molecule has 5 aromatic rings. The largest absolute Gasteiger partial charge is 0.432 e. The van der Waals surface area contributed by atoms with Gasteiger partial charge in [0, 0.05) is 41.1 Å². The van der Waals surface area contributed by atoms with E-state index in [-0.39, 0.29) is 35.8 Å². The zero-order valence-corrected chi connectivity index (χ0v) is 34.9. The molecule has 3 N–H and O–H groups in total. The summed E-state index contributed by atoms with van der Waals surface area (Å²) in [6.07, 6.45) is 3.48. The number of carbonyl (C=O) groups is 2. The molecule has 1 aromatic heterocycles. The van der Waals surface area contributed by atoms with Gasteiger partial charge in [-0.05, 0) is 86.9 Å². The van der Waals surface area contributed by atoms with Crippen molar-refractivity contribution in [2.24, 2.45) is 5.92 Å². The summed E-state index contributed by atoms with van der Waals surface area (Å²) in [4.78, 5) is 47.1. The molecule has 2 spiro atoms. The molecular weight excluding hydrogens is 759 g/mol. The molecule has 3 saturated heterocycles. The van der Waals surface area contributed by atoms with Gasteiger partial charge in [0.2, 0.25) is 0 Å². The van der Waals surface area contributed by atoms with Crippen molar-refractivity contribution in [3.05, 3.63) is 138 Å². The summed E-state index contributed by atoms with van der Waals surface area (Å²) in [5.41, 5.74) is 4.02. The van der Waals surface area contributed by atoms with E-state index < -0.39 is 25.6 Å². The van der Waals surface area contributed by atoms with Gasteiger partial charge in [0.1, 0.15) is 5.54 Å². The van der Waals surface area contributed by atoms with E-state index in [1.54, 1.807) is 4.68 Å². The van der Waals surface area contributed by atoms with Crippen LogP contribution >= 0.6 is 0 Å². The van der Waals surface area contributed by atoms with Crippen molar-refractivity contribution in [1.82, 2.24) is 20.3 Å². The minimum Gasteiger partial charge on any atom is -0.432 e. The van der Waals surface area contributed by atoms with Gasteiger partial charge in [-0.15, -0.1) is 5.10 Å². The molecule has 4 aliphatic heterocycles. The van der Waals surface area contributed by atoms with Crippen molar-refractivity contribution in [3.8, 4) is 0 Å². The standard InChI is InChI=1S/C46H53N7O5Si/c1-32-42(59(2,3)57)41(22-27-50-29-39(48-49-50)37(30-54)34-12-6-4-7-13-34)58-46(32)38-16-10-11-17-40(38)51(44(46)56)28-33-18-20-35(21-19-33)52-31-53(36-14-8-5-9-15-36)45(43(52)55)23-25-47-26-24-45/h4-21,29,32,37,41-42,47,54,57H,22-28,30-31H2,1-3H3/t32-,37?,41+,42-,46+/m1/s1. The molecular formula is C46H53N7O5Si. The van der Waals surface area contributed by atoms with Crippen LogP contribution < -0.4 is 20.0 Å². The van der Waals surface area contributed by atoms with Crippen molar-refractivity contribution in [3.63, 3.8) is 0 Å². The number of carbonyl (C=O) groups excluding carboxylic acids is 2. The topological polar surface area (TPSA) is 136 Å². The second-order valence-corrected chi connectivity index (χ2v) is 21.2. The Morgan fingerprint density at radius 3 is 2.25 bits per heavy atom. The number of aromatic nitrogens is 3. The minimum atomic E-state index is -2.87. The molecule has 0 aliphatic carbocycles. The number of hydrogen-bond donors (Lipinski definition) is 3. The first-order valence-electron chi connectivity index (χ1n) is 20.9. The van der Waals surface area contributed by atoms with Crippen molar-refractivity contribution in [1.29, 1.82) is 0 Å². The Bertz CT molecular complexity index is 2300. The zero-order valence-electron chi connectivity index (χ0n) is 33.9. The van der Waals surface area contributed by atoms with Gasteiger partial charge in [-0.2, -0.15) is 0 Å². The Morgan fingerprint density at radius 1 is 0.881 bits per heavy atom. The minimum absolute atomic E-state index is 0.0899. The molecule has 3 fully saturated rings. The lowest BCUT2D eigenvalue weighted by Crippen LogP contribution is -2.55. The first-order valence-corrected chi connectivity index (χ1v) is 23.9. The molecule has 0 saturated carbocycles. The molecule has 306 valence electrons. The molecule has 5 atom stereocenters. The highest BCUT2D eigenvalue weighted by Crippen LogP contribution is 2.59. The number of piperidine rings is 1. The number of aryl methyl sites for hydroxylation is 1. The van der Waals surface area contributed by atoms with Crippen LogP contribution in [0.4, 0.5) is 17.1 Å². The number of para-hydroxylation sites is 2. The molecule has 5 heterocycles. The number of anilines is 3. The van der Waals surface area contributed by atoms with Crippen molar-refractivity contribution >= 4 is 37.2 Å². The van der Waals surface area contributed by atoms with E-state index in [1.165, 1.54) is 0 Å². The first-order chi connectivity index (χ1) is 28.5. The number of hydrogen-bond acceptors (Lipinski definition) is 9. The normalized spacial score (nSPS) is 24.4. The van der Waals surface area contributed by atoms with Crippen LogP contribution in [0.15, 0.2) is 115 Å². The van der Waals surface area contributed by atoms with E-state index in [2.05, 4.69) is 39.6 Å². The van der Waals surface area contributed by atoms with Gasteiger partial charge >= 0.3 is 0 Å². The van der Waals surface area contributed by atoms with Crippen LogP contribution in [-0.4, -0.2) is 83.0 Å². The van der Waals surface area contributed by atoms with E-state index in [4.69, 9.17) is 4.74 Å². The van der Waals surface area contributed by atoms with Crippen LogP contribution in [0.25, 0.3) is 0 Å². The lowest BCUT2D eigenvalue weighted by molar-refractivity contribution is -0.146.